The maximum absolute atomic E-state index is 4.14. The summed E-state index contributed by atoms with van der Waals surface area (Å²) in [5.41, 5.74) is 1.44. The average Bonchev–Trinajstić information content (AvgIpc) is 3.15. The lowest BCUT2D eigenvalue weighted by Gasteiger charge is -2.21. The van der Waals surface area contributed by atoms with Crippen molar-refractivity contribution >= 4 is 0 Å². The van der Waals surface area contributed by atoms with Gasteiger partial charge in [0.15, 0.2) is 5.82 Å². The minimum absolute atomic E-state index is 0.297. The molecule has 2 aromatic rings. The van der Waals surface area contributed by atoms with E-state index >= 15 is 0 Å². The molecule has 1 aliphatic rings. The van der Waals surface area contributed by atoms with Gasteiger partial charge >= 0.3 is 0 Å². The first-order valence-corrected chi connectivity index (χ1v) is 7.81. The number of hydrogen-bond donors (Lipinski definition) is 1. The van der Waals surface area contributed by atoms with Gasteiger partial charge in [0.25, 0.3) is 0 Å². The first-order chi connectivity index (χ1) is 10.3. The highest BCUT2D eigenvalue weighted by Crippen LogP contribution is 2.34. The molecule has 5 nitrogen and oxygen atoms in total. The predicted octanol–water partition coefficient (Wildman–Crippen LogP) is 2.68. The van der Waals surface area contributed by atoms with Gasteiger partial charge in [-0.1, -0.05) is 36.8 Å². The van der Waals surface area contributed by atoms with Gasteiger partial charge in [0.1, 0.15) is 0 Å². The molecule has 1 aromatic carbocycles. The summed E-state index contributed by atoms with van der Waals surface area (Å²) in [4.78, 5) is 0. The third-order valence-electron chi connectivity index (χ3n) is 4.32. The SMILES string of the molecule is CC(C)n1nnnc1CN[C@@H]1CCC[C@@H]1c1ccccc1. The molecule has 1 heterocycles. The fourth-order valence-corrected chi connectivity index (χ4v) is 3.26. The number of nitrogens with one attached hydrogen (secondary N) is 1. The van der Waals surface area contributed by atoms with Crippen molar-refractivity contribution in [3.05, 3.63) is 41.7 Å². The number of tetrazole rings is 1. The second kappa shape index (κ2) is 6.35. The Morgan fingerprint density at radius 3 is 2.81 bits per heavy atom. The highest BCUT2D eigenvalue weighted by Gasteiger charge is 2.28. The zero-order chi connectivity index (χ0) is 14.7. The lowest BCUT2D eigenvalue weighted by atomic mass is 9.94. The van der Waals surface area contributed by atoms with Crippen LogP contribution in [0, 0.1) is 0 Å². The van der Waals surface area contributed by atoms with Crippen LogP contribution in [-0.4, -0.2) is 26.2 Å². The first kappa shape index (κ1) is 14.2. The van der Waals surface area contributed by atoms with E-state index in [-0.39, 0.29) is 0 Å². The van der Waals surface area contributed by atoms with Crippen molar-refractivity contribution < 1.29 is 0 Å². The van der Waals surface area contributed by atoms with Crippen LogP contribution in [0.25, 0.3) is 0 Å². The van der Waals surface area contributed by atoms with Crippen molar-refractivity contribution in [2.24, 2.45) is 0 Å². The Balaban J connectivity index is 1.66. The summed E-state index contributed by atoms with van der Waals surface area (Å²) < 4.78 is 1.89. The zero-order valence-corrected chi connectivity index (χ0v) is 12.7. The fourth-order valence-electron chi connectivity index (χ4n) is 3.26. The molecule has 1 N–H and O–H groups in total. The van der Waals surface area contributed by atoms with E-state index in [1.165, 1.54) is 24.8 Å². The zero-order valence-electron chi connectivity index (χ0n) is 12.7. The molecule has 0 saturated heterocycles. The average molecular weight is 285 g/mol. The topological polar surface area (TPSA) is 55.6 Å². The Hall–Kier alpha value is -1.75. The van der Waals surface area contributed by atoms with Gasteiger partial charge in [0.2, 0.25) is 0 Å². The highest BCUT2D eigenvalue weighted by atomic mass is 15.5. The van der Waals surface area contributed by atoms with Gasteiger partial charge in [0.05, 0.1) is 12.6 Å². The van der Waals surface area contributed by atoms with Crippen molar-refractivity contribution in [3.8, 4) is 0 Å². The van der Waals surface area contributed by atoms with E-state index in [9.17, 15) is 0 Å². The summed E-state index contributed by atoms with van der Waals surface area (Å²) in [5, 5.41) is 15.6. The van der Waals surface area contributed by atoms with Crippen LogP contribution in [0.4, 0.5) is 0 Å². The molecule has 1 aliphatic carbocycles. The third-order valence-corrected chi connectivity index (χ3v) is 4.32. The molecule has 0 unspecified atom stereocenters. The van der Waals surface area contributed by atoms with Crippen LogP contribution < -0.4 is 5.32 Å². The highest BCUT2D eigenvalue weighted by molar-refractivity contribution is 5.22. The summed E-state index contributed by atoms with van der Waals surface area (Å²) in [6.45, 7) is 4.93. The van der Waals surface area contributed by atoms with Gasteiger partial charge in [0, 0.05) is 6.04 Å². The largest absolute Gasteiger partial charge is 0.306 e. The number of rotatable bonds is 5. The Morgan fingerprint density at radius 1 is 1.24 bits per heavy atom. The monoisotopic (exact) mass is 285 g/mol. The van der Waals surface area contributed by atoms with Crippen molar-refractivity contribution in [1.29, 1.82) is 0 Å². The lowest BCUT2D eigenvalue weighted by molar-refractivity contribution is 0.438. The molecular formula is C16H23N5. The van der Waals surface area contributed by atoms with E-state index in [0.29, 0.717) is 18.0 Å². The minimum Gasteiger partial charge on any atom is -0.306 e. The second-order valence-corrected chi connectivity index (χ2v) is 6.07. The summed E-state index contributed by atoms with van der Waals surface area (Å²) in [6.07, 6.45) is 3.77. The van der Waals surface area contributed by atoms with Crippen LogP contribution in [-0.2, 0) is 6.54 Å². The minimum atomic E-state index is 0.297. The van der Waals surface area contributed by atoms with Crippen LogP contribution in [0.2, 0.25) is 0 Å². The van der Waals surface area contributed by atoms with E-state index in [1.807, 2.05) is 4.68 Å². The predicted molar refractivity (Wildman–Crippen MR) is 81.9 cm³/mol. The van der Waals surface area contributed by atoms with Crippen LogP contribution in [0.15, 0.2) is 30.3 Å². The summed E-state index contributed by atoms with van der Waals surface area (Å²) >= 11 is 0. The molecule has 1 saturated carbocycles. The molecule has 0 aliphatic heterocycles. The molecule has 21 heavy (non-hydrogen) atoms. The van der Waals surface area contributed by atoms with E-state index in [0.717, 1.165) is 12.4 Å². The summed E-state index contributed by atoms with van der Waals surface area (Å²) in [5.74, 6) is 1.53. The van der Waals surface area contributed by atoms with Crippen molar-refractivity contribution in [1.82, 2.24) is 25.5 Å². The third kappa shape index (κ3) is 3.13. The van der Waals surface area contributed by atoms with Gasteiger partial charge < -0.3 is 5.32 Å². The van der Waals surface area contributed by atoms with E-state index in [1.54, 1.807) is 0 Å². The lowest BCUT2D eigenvalue weighted by Crippen LogP contribution is -2.32. The molecule has 5 heteroatoms. The Labute approximate surface area is 125 Å². The number of hydrogen-bond acceptors (Lipinski definition) is 4. The normalized spacial score (nSPS) is 22.0. The molecule has 1 fully saturated rings. The van der Waals surface area contributed by atoms with Crippen LogP contribution >= 0.6 is 0 Å². The van der Waals surface area contributed by atoms with E-state index in [2.05, 4.69) is 65.0 Å². The number of aromatic nitrogens is 4. The van der Waals surface area contributed by atoms with Gasteiger partial charge in [-0.15, -0.1) is 5.10 Å². The quantitative estimate of drug-likeness (QED) is 0.917. The molecule has 112 valence electrons. The standard InChI is InChI=1S/C16H23N5/c1-12(2)21-16(18-19-20-21)11-17-15-10-6-9-14(15)13-7-4-3-5-8-13/h3-5,7-8,12,14-15,17H,6,9-11H2,1-2H3/t14-,15-/m1/s1. The summed E-state index contributed by atoms with van der Waals surface area (Å²) in [7, 11) is 0. The molecule has 0 bridgehead atoms. The first-order valence-electron chi connectivity index (χ1n) is 7.81. The van der Waals surface area contributed by atoms with Crippen molar-refractivity contribution in [3.63, 3.8) is 0 Å². The molecule has 1 aromatic heterocycles. The van der Waals surface area contributed by atoms with Crippen molar-refractivity contribution in [2.75, 3.05) is 0 Å². The molecule has 3 rings (SSSR count). The fraction of sp³-hybridized carbons (Fsp3) is 0.562. The molecule has 0 amide bonds. The van der Waals surface area contributed by atoms with E-state index < -0.39 is 0 Å². The van der Waals surface area contributed by atoms with Gasteiger partial charge in [-0.3, -0.25) is 0 Å². The number of benzene rings is 1. The van der Waals surface area contributed by atoms with E-state index in [4.69, 9.17) is 0 Å². The van der Waals surface area contributed by atoms with Crippen LogP contribution in [0.1, 0.15) is 56.5 Å². The second-order valence-electron chi connectivity index (χ2n) is 6.07. The van der Waals surface area contributed by atoms with Gasteiger partial charge in [-0.05, 0) is 48.6 Å². The number of nitrogens with zero attached hydrogens (tertiary/aromatic N) is 4. The Kier molecular flexibility index (Phi) is 4.29. The van der Waals surface area contributed by atoms with Gasteiger partial charge in [-0.25, -0.2) is 4.68 Å². The Bertz CT molecular complexity index is 563. The van der Waals surface area contributed by atoms with Gasteiger partial charge in [-0.2, -0.15) is 0 Å². The molecule has 0 radical (unpaired) electrons. The molecular weight excluding hydrogens is 262 g/mol. The van der Waals surface area contributed by atoms with Crippen molar-refractivity contribution in [2.45, 2.75) is 57.7 Å². The summed E-state index contributed by atoms with van der Waals surface area (Å²) in [6, 6.07) is 11.6. The smallest absolute Gasteiger partial charge is 0.165 e. The maximum Gasteiger partial charge on any atom is 0.165 e. The van der Waals surface area contributed by atoms with Crippen LogP contribution in [0.3, 0.4) is 0 Å². The molecule has 2 atom stereocenters. The molecule has 0 spiro atoms. The van der Waals surface area contributed by atoms with Crippen LogP contribution in [0.5, 0.6) is 0 Å². The Morgan fingerprint density at radius 2 is 2.05 bits per heavy atom. The maximum atomic E-state index is 4.14.